The molecule has 0 amide bonds. The van der Waals surface area contributed by atoms with Crippen molar-refractivity contribution in [3.63, 3.8) is 0 Å². The molecule has 2 rings (SSSR count). The van der Waals surface area contributed by atoms with Gasteiger partial charge in [0.25, 0.3) is 0 Å². The molecule has 0 spiro atoms. The minimum absolute atomic E-state index is 0.0584. The summed E-state index contributed by atoms with van der Waals surface area (Å²) in [4.78, 5) is 11.3. The molecule has 0 aliphatic heterocycles. The first-order valence-electron chi connectivity index (χ1n) is 4.99. The SMILES string of the molecule is COC(=O)c1ccc(C(C)n2cc(I)cn2)o1. The third kappa shape index (κ3) is 2.51. The van der Waals surface area contributed by atoms with E-state index in [1.54, 1.807) is 23.0 Å². The summed E-state index contributed by atoms with van der Waals surface area (Å²) in [7, 11) is 1.32. The van der Waals surface area contributed by atoms with Crippen LogP contribution in [0, 0.1) is 3.57 Å². The van der Waals surface area contributed by atoms with Gasteiger partial charge in [-0.05, 0) is 41.6 Å². The van der Waals surface area contributed by atoms with E-state index in [0.29, 0.717) is 5.76 Å². The highest BCUT2D eigenvalue weighted by Gasteiger charge is 2.16. The number of halogens is 1. The van der Waals surface area contributed by atoms with Gasteiger partial charge in [-0.15, -0.1) is 0 Å². The van der Waals surface area contributed by atoms with Gasteiger partial charge in [0.2, 0.25) is 5.76 Å². The number of furan rings is 1. The second-order valence-corrected chi connectivity index (χ2v) is 4.75. The van der Waals surface area contributed by atoms with Gasteiger partial charge < -0.3 is 9.15 Å². The third-order valence-electron chi connectivity index (χ3n) is 2.39. The van der Waals surface area contributed by atoms with Gasteiger partial charge in [-0.25, -0.2) is 4.79 Å². The zero-order valence-electron chi connectivity index (χ0n) is 9.38. The molecule has 2 aromatic rings. The monoisotopic (exact) mass is 346 g/mol. The van der Waals surface area contributed by atoms with Crippen LogP contribution in [0.15, 0.2) is 28.9 Å². The first-order valence-corrected chi connectivity index (χ1v) is 6.07. The quantitative estimate of drug-likeness (QED) is 0.633. The lowest BCUT2D eigenvalue weighted by Gasteiger charge is -2.08. The lowest BCUT2D eigenvalue weighted by atomic mass is 10.2. The number of carbonyl (C=O) groups excluding carboxylic acids is 1. The number of carbonyl (C=O) groups is 1. The van der Waals surface area contributed by atoms with Gasteiger partial charge in [0.15, 0.2) is 0 Å². The molecular weight excluding hydrogens is 335 g/mol. The van der Waals surface area contributed by atoms with Crippen LogP contribution in [0.3, 0.4) is 0 Å². The summed E-state index contributed by atoms with van der Waals surface area (Å²) < 4.78 is 12.8. The lowest BCUT2D eigenvalue weighted by Crippen LogP contribution is -2.06. The van der Waals surface area contributed by atoms with Crippen molar-refractivity contribution in [3.05, 3.63) is 39.6 Å². The normalized spacial score (nSPS) is 12.4. The highest BCUT2D eigenvalue weighted by Crippen LogP contribution is 2.21. The standard InChI is InChI=1S/C11H11IN2O3/c1-7(14-6-8(12)5-13-14)9-3-4-10(17-9)11(15)16-2/h3-7H,1-2H3. The molecule has 0 radical (unpaired) electrons. The van der Waals surface area contributed by atoms with Crippen LogP contribution in [-0.4, -0.2) is 22.9 Å². The average Bonchev–Trinajstić information content (AvgIpc) is 2.95. The Morgan fingerprint density at radius 1 is 1.59 bits per heavy atom. The van der Waals surface area contributed by atoms with Crippen LogP contribution < -0.4 is 0 Å². The zero-order valence-corrected chi connectivity index (χ0v) is 11.5. The van der Waals surface area contributed by atoms with Crippen molar-refractivity contribution < 1.29 is 13.9 Å². The van der Waals surface area contributed by atoms with Crippen LogP contribution in [-0.2, 0) is 4.74 Å². The van der Waals surface area contributed by atoms with Crippen molar-refractivity contribution >= 4 is 28.6 Å². The Labute approximate surface area is 112 Å². The summed E-state index contributed by atoms with van der Waals surface area (Å²) in [6.07, 6.45) is 3.67. The summed E-state index contributed by atoms with van der Waals surface area (Å²) in [5, 5.41) is 4.20. The summed E-state index contributed by atoms with van der Waals surface area (Å²) in [5.74, 6) is 0.402. The van der Waals surface area contributed by atoms with Gasteiger partial charge in [0.1, 0.15) is 11.8 Å². The van der Waals surface area contributed by atoms with Crippen molar-refractivity contribution in [1.29, 1.82) is 0 Å². The number of hydrogen-bond acceptors (Lipinski definition) is 4. The van der Waals surface area contributed by atoms with Gasteiger partial charge in [0, 0.05) is 6.20 Å². The van der Waals surface area contributed by atoms with Gasteiger partial charge in [-0.3, -0.25) is 4.68 Å². The topological polar surface area (TPSA) is 57.3 Å². The summed E-state index contributed by atoms with van der Waals surface area (Å²) >= 11 is 2.19. The van der Waals surface area contributed by atoms with E-state index in [4.69, 9.17) is 4.42 Å². The van der Waals surface area contributed by atoms with Crippen LogP contribution in [0.4, 0.5) is 0 Å². The molecule has 6 heteroatoms. The van der Waals surface area contributed by atoms with E-state index < -0.39 is 5.97 Å². The van der Waals surface area contributed by atoms with Gasteiger partial charge >= 0.3 is 5.97 Å². The molecule has 1 atom stereocenters. The number of aromatic nitrogens is 2. The smallest absolute Gasteiger partial charge is 0.373 e. The lowest BCUT2D eigenvalue weighted by molar-refractivity contribution is 0.0562. The van der Waals surface area contributed by atoms with Crippen molar-refractivity contribution in [3.8, 4) is 0 Å². The zero-order chi connectivity index (χ0) is 12.4. The van der Waals surface area contributed by atoms with Gasteiger partial charge in [0.05, 0.1) is 16.9 Å². The number of ether oxygens (including phenoxy) is 1. The fraction of sp³-hybridized carbons (Fsp3) is 0.273. The number of rotatable bonds is 3. The third-order valence-corrected chi connectivity index (χ3v) is 2.95. The van der Waals surface area contributed by atoms with Gasteiger partial charge in [-0.1, -0.05) is 0 Å². The number of methoxy groups -OCH3 is 1. The Bertz CT molecular complexity index is 532. The van der Waals surface area contributed by atoms with E-state index in [0.717, 1.165) is 3.57 Å². The van der Waals surface area contributed by atoms with Crippen LogP contribution >= 0.6 is 22.6 Å². The Kier molecular flexibility index (Phi) is 3.51. The maximum absolute atomic E-state index is 11.3. The molecule has 2 heterocycles. The minimum Gasteiger partial charge on any atom is -0.463 e. The molecule has 2 aromatic heterocycles. The second kappa shape index (κ2) is 4.91. The molecule has 0 aromatic carbocycles. The molecule has 0 aliphatic rings. The largest absolute Gasteiger partial charge is 0.463 e. The fourth-order valence-corrected chi connectivity index (χ4v) is 1.85. The van der Waals surface area contributed by atoms with E-state index in [1.165, 1.54) is 7.11 Å². The molecule has 17 heavy (non-hydrogen) atoms. The van der Waals surface area contributed by atoms with Crippen LogP contribution in [0.2, 0.25) is 0 Å². The molecule has 0 aliphatic carbocycles. The van der Waals surface area contributed by atoms with Crippen molar-refractivity contribution in [1.82, 2.24) is 9.78 Å². The molecule has 0 fully saturated rings. The highest BCUT2D eigenvalue weighted by atomic mass is 127. The average molecular weight is 346 g/mol. The Morgan fingerprint density at radius 3 is 2.94 bits per heavy atom. The number of hydrogen-bond donors (Lipinski definition) is 0. The predicted octanol–water partition coefficient (Wildman–Crippen LogP) is 2.48. The molecule has 0 saturated heterocycles. The maximum atomic E-state index is 11.3. The molecule has 0 saturated carbocycles. The van der Waals surface area contributed by atoms with Crippen molar-refractivity contribution in [2.45, 2.75) is 13.0 Å². The Balaban J connectivity index is 2.23. The Morgan fingerprint density at radius 2 is 2.35 bits per heavy atom. The second-order valence-electron chi connectivity index (χ2n) is 3.51. The predicted molar refractivity (Wildman–Crippen MR) is 68.8 cm³/mol. The molecule has 0 N–H and O–H groups in total. The minimum atomic E-state index is -0.474. The first-order chi connectivity index (χ1) is 8.11. The first kappa shape index (κ1) is 12.2. The van der Waals surface area contributed by atoms with Crippen molar-refractivity contribution in [2.24, 2.45) is 0 Å². The van der Waals surface area contributed by atoms with Crippen LogP contribution in [0.25, 0.3) is 0 Å². The number of esters is 1. The number of nitrogens with zero attached hydrogens (tertiary/aromatic N) is 2. The van der Waals surface area contributed by atoms with Crippen molar-refractivity contribution in [2.75, 3.05) is 7.11 Å². The summed E-state index contributed by atoms with van der Waals surface area (Å²) in [5.41, 5.74) is 0. The fourth-order valence-electron chi connectivity index (χ4n) is 1.44. The van der Waals surface area contributed by atoms with Crippen LogP contribution in [0.1, 0.15) is 29.3 Å². The highest BCUT2D eigenvalue weighted by molar-refractivity contribution is 14.1. The molecule has 0 bridgehead atoms. The molecule has 90 valence electrons. The molecule has 1 unspecified atom stereocenters. The van der Waals surface area contributed by atoms with Crippen LogP contribution in [0.5, 0.6) is 0 Å². The van der Waals surface area contributed by atoms with E-state index in [1.807, 2.05) is 13.1 Å². The summed E-state index contributed by atoms with van der Waals surface area (Å²) in [6, 6.07) is 3.30. The van der Waals surface area contributed by atoms with E-state index in [2.05, 4.69) is 32.4 Å². The van der Waals surface area contributed by atoms with Gasteiger partial charge in [-0.2, -0.15) is 5.10 Å². The van der Waals surface area contributed by atoms with E-state index in [-0.39, 0.29) is 11.8 Å². The summed E-state index contributed by atoms with van der Waals surface area (Å²) in [6.45, 7) is 1.95. The maximum Gasteiger partial charge on any atom is 0.373 e. The molecule has 5 nitrogen and oxygen atoms in total. The van der Waals surface area contributed by atoms with E-state index in [9.17, 15) is 4.79 Å². The molecular formula is C11H11IN2O3. The Hall–Kier alpha value is -1.31. The van der Waals surface area contributed by atoms with E-state index >= 15 is 0 Å².